The molecule has 0 fully saturated rings. The van der Waals surface area contributed by atoms with Crippen molar-refractivity contribution in [1.29, 1.82) is 0 Å². The minimum atomic E-state index is 0. The zero-order valence-electron chi connectivity index (χ0n) is 8.23. The van der Waals surface area contributed by atoms with E-state index >= 15 is 0 Å². The monoisotopic (exact) mass is 328 g/mol. The zero-order valence-corrected chi connectivity index (χ0v) is 13.0. The maximum atomic E-state index is 2.42. The van der Waals surface area contributed by atoms with Crippen molar-refractivity contribution in [3.8, 4) is 0 Å². The van der Waals surface area contributed by atoms with Crippen molar-refractivity contribution in [2.24, 2.45) is 11.3 Å². The van der Waals surface area contributed by atoms with E-state index in [2.05, 4.69) is 38.2 Å². The van der Waals surface area contributed by atoms with Crippen LogP contribution < -0.4 is 37.2 Å². The van der Waals surface area contributed by atoms with Crippen molar-refractivity contribution in [3.63, 3.8) is 0 Å². The molecule has 0 radical (unpaired) electrons. The van der Waals surface area contributed by atoms with E-state index in [1.165, 1.54) is 6.42 Å². The van der Waals surface area contributed by atoms with Crippen LogP contribution in [0.4, 0.5) is 0 Å². The first-order valence-electron chi connectivity index (χ1n) is 4.18. The summed E-state index contributed by atoms with van der Waals surface area (Å²) in [6, 6.07) is 0. The minimum absolute atomic E-state index is 0. The van der Waals surface area contributed by atoms with Crippen molar-refractivity contribution in [1.82, 2.24) is 0 Å². The number of rotatable bonds is 0. The summed E-state index contributed by atoms with van der Waals surface area (Å²) in [6.07, 6.45) is 10.8. The quantitative estimate of drug-likeness (QED) is 0.388. The molecule has 0 aromatic heterocycles. The molecule has 2 atom stereocenters. The first-order chi connectivity index (χ1) is 5.06. The zero-order chi connectivity index (χ0) is 8.11. The van der Waals surface area contributed by atoms with Gasteiger partial charge in [-0.1, -0.05) is 0 Å². The fourth-order valence-corrected chi connectivity index (χ4v) is 3.06. The van der Waals surface area contributed by atoms with Gasteiger partial charge in [-0.3, -0.25) is 0 Å². The first kappa shape index (κ1) is 17.6. The Morgan fingerprint density at radius 2 is 1.71 bits per heavy atom. The molecule has 2 unspecified atom stereocenters. The van der Waals surface area contributed by atoms with E-state index in [-0.39, 0.29) is 37.2 Å². The Morgan fingerprint density at radius 1 is 1.14 bits per heavy atom. The smallest absolute Gasteiger partial charge is 1.00 e. The number of allylic oxidation sites excluding steroid dienone is 4. The van der Waals surface area contributed by atoms with Crippen LogP contribution in [0.25, 0.3) is 0 Å². The average Bonchev–Trinajstić information content (AvgIpc) is 2.17. The van der Waals surface area contributed by atoms with E-state index in [1.54, 1.807) is 24.7 Å². The van der Waals surface area contributed by atoms with Gasteiger partial charge in [0.25, 0.3) is 0 Å². The molecular weight excluding hydrogens is 318 g/mol. The molecular formula is C10H13Cl3Zr. The summed E-state index contributed by atoms with van der Waals surface area (Å²) in [7, 11) is 0. The standard InChI is InChI=1S/C10H13.3ClH.Zr/c1-10(2)8-4-3-5-9(10)7-6-8;;;;/h3-4,6-7,9H,5H2,1-2H3;3*1H;/q;;;;+3/p-3. The van der Waals surface area contributed by atoms with Gasteiger partial charge in [0, 0.05) is 0 Å². The summed E-state index contributed by atoms with van der Waals surface area (Å²) in [5, 5.41) is 0. The van der Waals surface area contributed by atoms with Crippen LogP contribution in [0.5, 0.6) is 0 Å². The maximum Gasteiger partial charge on any atom is -1.00 e. The second kappa shape index (κ2) is 5.53. The van der Waals surface area contributed by atoms with E-state index in [4.69, 9.17) is 0 Å². The predicted octanol–water partition coefficient (Wildman–Crippen LogP) is -6.12. The molecule has 0 saturated carbocycles. The average molecular weight is 331 g/mol. The first-order valence-corrected chi connectivity index (χ1v) is 5.41. The fourth-order valence-electron chi connectivity index (χ4n) is 2.07. The molecule has 2 aliphatic carbocycles. The Hall–Kier alpha value is 1.23. The SMILES string of the molecule is CC1(C)C2C=C[C]1([Zr+3])C=CC2.[Cl-].[Cl-].[Cl-]. The largest absolute Gasteiger partial charge is 1.00 e. The maximum absolute atomic E-state index is 2.42. The van der Waals surface area contributed by atoms with Gasteiger partial charge in [-0.25, -0.2) is 0 Å². The van der Waals surface area contributed by atoms with E-state index < -0.39 is 0 Å². The predicted molar refractivity (Wildman–Crippen MR) is 42.9 cm³/mol. The van der Waals surface area contributed by atoms with Crippen molar-refractivity contribution in [2.75, 3.05) is 0 Å². The van der Waals surface area contributed by atoms with E-state index in [9.17, 15) is 0 Å². The second-order valence-corrected chi connectivity index (χ2v) is 6.23. The normalized spacial score (nSPS) is 35.3. The van der Waals surface area contributed by atoms with E-state index in [1.807, 2.05) is 0 Å². The molecule has 2 rings (SSSR count). The minimum Gasteiger partial charge on any atom is -1.00 e. The molecule has 0 spiro atoms. The molecule has 2 bridgehead atoms. The van der Waals surface area contributed by atoms with Crippen LogP contribution in [0, 0.1) is 11.3 Å². The summed E-state index contributed by atoms with van der Waals surface area (Å²) in [4.78, 5) is 0. The molecule has 0 aromatic carbocycles. The van der Waals surface area contributed by atoms with Crippen molar-refractivity contribution >= 4 is 0 Å². The van der Waals surface area contributed by atoms with Crippen molar-refractivity contribution < 1.29 is 61.9 Å². The topological polar surface area (TPSA) is 0 Å². The van der Waals surface area contributed by atoms with Crippen LogP contribution in [-0.2, 0) is 24.7 Å². The fraction of sp³-hybridized carbons (Fsp3) is 0.600. The summed E-state index contributed by atoms with van der Waals surface area (Å²) < 4.78 is 0.419. The Balaban J connectivity index is 0. The van der Waals surface area contributed by atoms with Gasteiger partial charge in [0.05, 0.1) is 0 Å². The molecule has 0 N–H and O–H groups in total. The van der Waals surface area contributed by atoms with Crippen LogP contribution in [0.15, 0.2) is 24.3 Å². The number of fused-ring (bicyclic) bond motifs is 2. The van der Waals surface area contributed by atoms with Gasteiger partial charge in [-0.15, -0.1) is 0 Å². The van der Waals surface area contributed by atoms with Crippen LogP contribution in [0.2, 0.25) is 3.12 Å². The molecule has 78 valence electrons. The molecule has 0 amide bonds. The number of hydrogen-bond donors (Lipinski definition) is 0. The van der Waals surface area contributed by atoms with Gasteiger partial charge in [-0.2, -0.15) is 0 Å². The van der Waals surface area contributed by atoms with Crippen LogP contribution >= 0.6 is 0 Å². The van der Waals surface area contributed by atoms with Crippen molar-refractivity contribution in [2.45, 2.75) is 23.4 Å². The van der Waals surface area contributed by atoms with Crippen LogP contribution in [0.3, 0.4) is 0 Å². The van der Waals surface area contributed by atoms with Gasteiger partial charge < -0.3 is 37.2 Å². The van der Waals surface area contributed by atoms with Gasteiger partial charge in [-0.05, 0) is 0 Å². The third-order valence-electron chi connectivity index (χ3n) is 3.36. The summed E-state index contributed by atoms with van der Waals surface area (Å²) in [5.41, 5.74) is 0.486. The Bertz CT molecular complexity index is 244. The molecule has 0 nitrogen and oxygen atoms in total. The molecule has 2 aliphatic rings. The van der Waals surface area contributed by atoms with Gasteiger partial charge in [0.1, 0.15) is 0 Å². The van der Waals surface area contributed by atoms with Gasteiger partial charge in [0.2, 0.25) is 0 Å². The summed E-state index contributed by atoms with van der Waals surface area (Å²) >= 11 is 1.64. The second-order valence-electron chi connectivity index (χ2n) is 4.19. The third kappa shape index (κ3) is 2.32. The van der Waals surface area contributed by atoms with Gasteiger partial charge >= 0.3 is 83.7 Å². The summed E-state index contributed by atoms with van der Waals surface area (Å²) in [5.74, 6) is 0.798. The third-order valence-corrected chi connectivity index (χ3v) is 5.76. The Labute approximate surface area is 120 Å². The van der Waals surface area contributed by atoms with Crippen LogP contribution in [-0.4, -0.2) is 0 Å². The molecule has 0 heterocycles. The summed E-state index contributed by atoms with van der Waals surface area (Å²) in [6.45, 7) is 4.80. The van der Waals surface area contributed by atoms with Crippen molar-refractivity contribution in [3.05, 3.63) is 24.3 Å². The van der Waals surface area contributed by atoms with E-state index in [0.29, 0.717) is 8.54 Å². The van der Waals surface area contributed by atoms with Gasteiger partial charge in [0.15, 0.2) is 0 Å². The Morgan fingerprint density at radius 3 is 2.14 bits per heavy atom. The molecule has 0 aromatic rings. The number of halogens is 3. The van der Waals surface area contributed by atoms with Crippen LogP contribution in [0.1, 0.15) is 20.3 Å². The Kier molecular flexibility index (Phi) is 6.96. The molecule has 14 heavy (non-hydrogen) atoms. The molecule has 0 aliphatic heterocycles. The number of hydrogen-bond acceptors (Lipinski definition) is 0. The van der Waals surface area contributed by atoms with E-state index in [0.717, 1.165) is 5.92 Å². The molecule has 0 saturated heterocycles. The molecule has 4 heteroatoms.